The SMILES string of the molecule is Brc1ccc2cc(COc3ccccc3)oc2c1. The number of ether oxygens (including phenoxy) is 1. The van der Waals surface area contributed by atoms with Crippen LogP contribution in [0.5, 0.6) is 5.75 Å². The smallest absolute Gasteiger partial charge is 0.146 e. The lowest BCUT2D eigenvalue weighted by molar-refractivity contribution is 0.274. The molecule has 2 aromatic carbocycles. The molecule has 3 heteroatoms. The molecule has 0 spiro atoms. The highest BCUT2D eigenvalue weighted by atomic mass is 79.9. The topological polar surface area (TPSA) is 22.4 Å². The molecule has 3 aromatic rings. The van der Waals surface area contributed by atoms with Gasteiger partial charge in [-0.3, -0.25) is 0 Å². The summed E-state index contributed by atoms with van der Waals surface area (Å²) >= 11 is 3.43. The first kappa shape index (κ1) is 11.4. The monoisotopic (exact) mass is 302 g/mol. The van der Waals surface area contributed by atoms with Crippen LogP contribution in [0, 0.1) is 0 Å². The molecule has 0 amide bonds. The Balaban J connectivity index is 1.79. The maximum atomic E-state index is 5.72. The van der Waals surface area contributed by atoms with Crippen molar-refractivity contribution in [2.45, 2.75) is 6.61 Å². The summed E-state index contributed by atoms with van der Waals surface area (Å²) < 4.78 is 12.4. The number of fused-ring (bicyclic) bond motifs is 1. The molecular weight excluding hydrogens is 292 g/mol. The Bertz CT molecular complexity index is 659. The number of furan rings is 1. The number of rotatable bonds is 3. The normalized spacial score (nSPS) is 10.7. The molecule has 0 aliphatic rings. The Kier molecular flexibility index (Phi) is 3.07. The third-order valence-electron chi connectivity index (χ3n) is 2.66. The van der Waals surface area contributed by atoms with E-state index in [0.717, 1.165) is 27.0 Å². The van der Waals surface area contributed by atoms with Crippen LogP contribution in [-0.2, 0) is 6.61 Å². The molecule has 0 bridgehead atoms. The van der Waals surface area contributed by atoms with Crippen molar-refractivity contribution in [1.29, 1.82) is 0 Å². The minimum Gasteiger partial charge on any atom is -0.486 e. The number of hydrogen-bond donors (Lipinski definition) is 0. The molecular formula is C15H11BrO2. The van der Waals surface area contributed by atoms with Crippen LogP contribution in [0.2, 0.25) is 0 Å². The third-order valence-corrected chi connectivity index (χ3v) is 3.15. The van der Waals surface area contributed by atoms with E-state index in [2.05, 4.69) is 15.9 Å². The van der Waals surface area contributed by atoms with Gasteiger partial charge in [-0.25, -0.2) is 0 Å². The molecule has 18 heavy (non-hydrogen) atoms. The molecule has 0 atom stereocenters. The second-order valence-electron chi connectivity index (χ2n) is 4.00. The van der Waals surface area contributed by atoms with Gasteiger partial charge in [0.25, 0.3) is 0 Å². The zero-order valence-electron chi connectivity index (χ0n) is 9.60. The minimum absolute atomic E-state index is 0.441. The molecule has 0 saturated heterocycles. The van der Waals surface area contributed by atoms with Crippen molar-refractivity contribution in [3.05, 3.63) is 64.8 Å². The second kappa shape index (κ2) is 4.86. The lowest BCUT2D eigenvalue weighted by Gasteiger charge is -2.02. The fourth-order valence-electron chi connectivity index (χ4n) is 1.80. The summed E-state index contributed by atoms with van der Waals surface area (Å²) in [6, 6.07) is 17.7. The molecule has 0 N–H and O–H groups in total. The van der Waals surface area contributed by atoms with Gasteiger partial charge < -0.3 is 9.15 Å². The van der Waals surface area contributed by atoms with Gasteiger partial charge in [-0.05, 0) is 36.4 Å². The van der Waals surface area contributed by atoms with Gasteiger partial charge in [0.2, 0.25) is 0 Å². The number of benzene rings is 2. The molecule has 0 aliphatic heterocycles. The van der Waals surface area contributed by atoms with E-state index in [-0.39, 0.29) is 0 Å². The summed E-state index contributed by atoms with van der Waals surface area (Å²) in [6.45, 7) is 0.441. The Morgan fingerprint density at radius 2 is 1.83 bits per heavy atom. The van der Waals surface area contributed by atoms with E-state index in [1.807, 2.05) is 54.6 Å². The summed E-state index contributed by atoms with van der Waals surface area (Å²) in [4.78, 5) is 0. The van der Waals surface area contributed by atoms with Gasteiger partial charge >= 0.3 is 0 Å². The Labute approximate surface area is 113 Å². The first-order valence-electron chi connectivity index (χ1n) is 5.67. The third kappa shape index (κ3) is 2.41. The fourth-order valence-corrected chi connectivity index (χ4v) is 2.14. The molecule has 3 rings (SSSR count). The number of halogens is 1. The van der Waals surface area contributed by atoms with E-state index < -0.39 is 0 Å². The van der Waals surface area contributed by atoms with Crippen molar-refractivity contribution in [1.82, 2.24) is 0 Å². The number of para-hydroxylation sites is 1. The molecule has 1 heterocycles. The summed E-state index contributed by atoms with van der Waals surface area (Å²) in [6.07, 6.45) is 0. The maximum absolute atomic E-state index is 5.72. The van der Waals surface area contributed by atoms with Crippen LogP contribution >= 0.6 is 15.9 Å². The maximum Gasteiger partial charge on any atom is 0.146 e. The predicted molar refractivity (Wildman–Crippen MR) is 74.7 cm³/mol. The molecule has 0 radical (unpaired) electrons. The van der Waals surface area contributed by atoms with Gasteiger partial charge in [0.15, 0.2) is 0 Å². The first-order chi connectivity index (χ1) is 8.81. The van der Waals surface area contributed by atoms with E-state index in [1.165, 1.54) is 0 Å². The molecule has 0 unspecified atom stereocenters. The highest BCUT2D eigenvalue weighted by molar-refractivity contribution is 9.10. The van der Waals surface area contributed by atoms with Crippen molar-refractivity contribution < 1.29 is 9.15 Å². The van der Waals surface area contributed by atoms with Crippen LogP contribution in [-0.4, -0.2) is 0 Å². The molecule has 0 fully saturated rings. The lowest BCUT2D eigenvalue weighted by Crippen LogP contribution is -1.92. The molecule has 90 valence electrons. The van der Waals surface area contributed by atoms with Crippen LogP contribution in [0.3, 0.4) is 0 Å². The molecule has 1 aromatic heterocycles. The van der Waals surface area contributed by atoms with E-state index in [0.29, 0.717) is 6.61 Å². The Morgan fingerprint density at radius 3 is 2.67 bits per heavy atom. The summed E-state index contributed by atoms with van der Waals surface area (Å²) in [5.74, 6) is 1.67. The Morgan fingerprint density at radius 1 is 1.00 bits per heavy atom. The van der Waals surface area contributed by atoms with Gasteiger partial charge in [-0.15, -0.1) is 0 Å². The summed E-state index contributed by atoms with van der Waals surface area (Å²) in [5, 5.41) is 1.09. The van der Waals surface area contributed by atoms with Crippen molar-refractivity contribution in [2.75, 3.05) is 0 Å². The van der Waals surface area contributed by atoms with Crippen LogP contribution in [0.4, 0.5) is 0 Å². The standard InChI is InChI=1S/C15H11BrO2/c16-12-7-6-11-8-14(18-15(11)9-12)10-17-13-4-2-1-3-5-13/h1-9H,10H2. The molecule has 0 aliphatic carbocycles. The van der Waals surface area contributed by atoms with E-state index in [1.54, 1.807) is 0 Å². The van der Waals surface area contributed by atoms with E-state index in [4.69, 9.17) is 9.15 Å². The second-order valence-corrected chi connectivity index (χ2v) is 4.91. The van der Waals surface area contributed by atoms with Crippen LogP contribution in [0.1, 0.15) is 5.76 Å². The Hall–Kier alpha value is -1.74. The van der Waals surface area contributed by atoms with Crippen LogP contribution in [0.15, 0.2) is 63.5 Å². The van der Waals surface area contributed by atoms with Crippen LogP contribution < -0.4 is 4.74 Å². The quantitative estimate of drug-likeness (QED) is 0.695. The van der Waals surface area contributed by atoms with E-state index in [9.17, 15) is 0 Å². The first-order valence-corrected chi connectivity index (χ1v) is 6.46. The number of hydrogen-bond acceptors (Lipinski definition) is 2. The summed E-state index contributed by atoms with van der Waals surface area (Å²) in [5.41, 5.74) is 0.871. The van der Waals surface area contributed by atoms with Crippen molar-refractivity contribution in [3.63, 3.8) is 0 Å². The summed E-state index contributed by atoms with van der Waals surface area (Å²) in [7, 11) is 0. The van der Waals surface area contributed by atoms with E-state index >= 15 is 0 Å². The fraction of sp³-hybridized carbons (Fsp3) is 0.0667. The van der Waals surface area contributed by atoms with Gasteiger partial charge in [-0.1, -0.05) is 34.1 Å². The minimum atomic E-state index is 0.441. The van der Waals surface area contributed by atoms with Gasteiger partial charge in [0.05, 0.1) is 0 Å². The molecule has 0 saturated carbocycles. The molecule has 2 nitrogen and oxygen atoms in total. The van der Waals surface area contributed by atoms with Crippen molar-refractivity contribution in [2.24, 2.45) is 0 Å². The predicted octanol–water partition coefficient (Wildman–Crippen LogP) is 4.77. The lowest BCUT2D eigenvalue weighted by atomic mass is 10.2. The van der Waals surface area contributed by atoms with Gasteiger partial charge in [0, 0.05) is 9.86 Å². The highest BCUT2D eigenvalue weighted by Crippen LogP contribution is 2.24. The van der Waals surface area contributed by atoms with Crippen LogP contribution in [0.25, 0.3) is 11.0 Å². The largest absolute Gasteiger partial charge is 0.486 e. The van der Waals surface area contributed by atoms with Gasteiger partial charge in [0.1, 0.15) is 23.7 Å². The van der Waals surface area contributed by atoms with Crippen molar-refractivity contribution in [3.8, 4) is 5.75 Å². The zero-order chi connectivity index (χ0) is 12.4. The average molecular weight is 303 g/mol. The average Bonchev–Trinajstić information content (AvgIpc) is 2.79. The highest BCUT2D eigenvalue weighted by Gasteiger charge is 2.04. The zero-order valence-corrected chi connectivity index (χ0v) is 11.2. The van der Waals surface area contributed by atoms with Crippen molar-refractivity contribution >= 4 is 26.9 Å². The van der Waals surface area contributed by atoms with Gasteiger partial charge in [-0.2, -0.15) is 0 Å².